The summed E-state index contributed by atoms with van der Waals surface area (Å²) in [7, 11) is 0. The van der Waals surface area contributed by atoms with Gasteiger partial charge in [-0.05, 0) is 45.6 Å². The molecule has 1 aliphatic heterocycles. The first-order valence-corrected chi connectivity index (χ1v) is 12.2. The average molecular weight is 489 g/mol. The molecule has 8 atom stereocenters. The van der Waals surface area contributed by atoms with Crippen molar-refractivity contribution >= 4 is 23.7 Å². The Morgan fingerprint density at radius 3 is 2.54 bits per heavy atom. The molecule has 2 unspecified atom stereocenters. The molecule has 1 N–H and O–H groups in total. The number of rotatable bonds is 7. The zero-order chi connectivity index (χ0) is 26.3. The smallest absolute Gasteiger partial charge is 0.334 e. The van der Waals surface area contributed by atoms with Gasteiger partial charge in [0.2, 0.25) is 0 Å². The van der Waals surface area contributed by atoms with Crippen LogP contribution >= 0.6 is 0 Å². The van der Waals surface area contributed by atoms with Crippen molar-refractivity contribution in [3.8, 4) is 0 Å². The topological polar surface area (TPSA) is 116 Å². The monoisotopic (exact) mass is 488 g/mol. The summed E-state index contributed by atoms with van der Waals surface area (Å²) in [4.78, 5) is 51.8. The normalized spacial score (nSPS) is 36.1. The number of carbonyl (C=O) groups is 4. The van der Waals surface area contributed by atoms with Crippen LogP contribution in [0.15, 0.2) is 36.0 Å². The van der Waals surface area contributed by atoms with Crippen LogP contribution in [0.3, 0.4) is 0 Å². The highest BCUT2D eigenvalue weighted by Crippen LogP contribution is 2.55. The molecule has 3 rings (SSSR count). The highest BCUT2D eigenvalue weighted by Gasteiger charge is 2.65. The average Bonchev–Trinajstić information content (AvgIpc) is 3.06. The predicted octanol–water partition coefficient (Wildman–Crippen LogP) is 3.23. The Kier molecular flexibility index (Phi) is 7.46. The number of esters is 3. The van der Waals surface area contributed by atoms with Crippen molar-refractivity contribution in [2.45, 2.75) is 84.7 Å². The van der Waals surface area contributed by atoms with Crippen LogP contribution in [0.2, 0.25) is 0 Å². The molecule has 3 aliphatic rings. The molecule has 0 aromatic heterocycles. The first kappa shape index (κ1) is 26.9. The molecular weight excluding hydrogens is 452 g/mol. The number of aliphatic hydroxyl groups is 1. The first-order valence-electron chi connectivity index (χ1n) is 12.2. The SMILES string of the molecule is C=C1C(=O)O[C@@H]2C(C)[C@@H]3C=CC(=O)[C@@]3(C)[C@@H](OC(=O)/C=C(\C)CC)[C@H]1[C@@H]2OC(=O)CC(C)(O)CC. The molecule has 0 spiro atoms. The lowest BCUT2D eigenvalue weighted by molar-refractivity contribution is -0.190. The van der Waals surface area contributed by atoms with Gasteiger partial charge in [0.15, 0.2) is 5.78 Å². The number of ether oxygens (including phenoxy) is 3. The largest absolute Gasteiger partial charge is 0.457 e. The van der Waals surface area contributed by atoms with Gasteiger partial charge in [0.25, 0.3) is 0 Å². The van der Waals surface area contributed by atoms with Crippen molar-refractivity contribution in [2.24, 2.45) is 23.2 Å². The Labute approximate surface area is 206 Å². The summed E-state index contributed by atoms with van der Waals surface area (Å²) < 4.78 is 17.5. The fourth-order valence-corrected chi connectivity index (χ4v) is 5.36. The third-order valence-corrected chi connectivity index (χ3v) is 7.99. The summed E-state index contributed by atoms with van der Waals surface area (Å²) in [5, 5.41) is 10.4. The number of hydrogen-bond acceptors (Lipinski definition) is 8. The quantitative estimate of drug-likeness (QED) is 0.330. The van der Waals surface area contributed by atoms with E-state index in [0.29, 0.717) is 12.8 Å². The number of fused-ring (bicyclic) bond motifs is 3. The van der Waals surface area contributed by atoms with Crippen LogP contribution in [0.5, 0.6) is 0 Å². The predicted molar refractivity (Wildman–Crippen MR) is 127 cm³/mol. The Morgan fingerprint density at radius 2 is 1.94 bits per heavy atom. The van der Waals surface area contributed by atoms with E-state index in [1.54, 1.807) is 26.8 Å². The molecule has 2 bridgehead atoms. The van der Waals surface area contributed by atoms with Crippen LogP contribution in [0.4, 0.5) is 0 Å². The molecule has 8 heteroatoms. The number of carbonyl (C=O) groups excluding carboxylic acids is 4. The third-order valence-electron chi connectivity index (χ3n) is 7.99. The minimum absolute atomic E-state index is 0.0240. The fourth-order valence-electron chi connectivity index (χ4n) is 5.36. The van der Waals surface area contributed by atoms with E-state index < -0.39 is 65.0 Å². The van der Waals surface area contributed by atoms with Crippen molar-refractivity contribution in [3.05, 3.63) is 36.0 Å². The van der Waals surface area contributed by atoms with E-state index >= 15 is 0 Å². The summed E-state index contributed by atoms with van der Waals surface area (Å²) in [5.74, 6) is -4.10. The lowest BCUT2D eigenvalue weighted by atomic mass is 9.67. The zero-order valence-electron chi connectivity index (χ0n) is 21.3. The van der Waals surface area contributed by atoms with Gasteiger partial charge in [0.05, 0.1) is 23.4 Å². The molecule has 0 aromatic carbocycles. The lowest BCUT2D eigenvalue weighted by Gasteiger charge is -2.42. The van der Waals surface area contributed by atoms with Crippen molar-refractivity contribution in [3.63, 3.8) is 0 Å². The van der Waals surface area contributed by atoms with Crippen molar-refractivity contribution < 1.29 is 38.5 Å². The van der Waals surface area contributed by atoms with E-state index in [9.17, 15) is 24.3 Å². The van der Waals surface area contributed by atoms with E-state index in [-0.39, 0.29) is 17.8 Å². The lowest BCUT2D eigenvalue weighted by Crippen LogP contribution is -2.55. The molecule has 1 saturated carbocycles. The van der Waals surface area contributed by atoms with Crippen molar-refractivity contribution in [2.75, 3.05) is 0 Å². The number of allylic oxidation sites excluding steroid dienone is 3. The van der Waals surface area contributed by atoms with Gasteiger partial charge in [0, 0.05) is 17.6 Å². The van der Waals surface area contributed by atoms with Gasteiger partial charge in [-0.2, -0.15) is 0 Å². The highest BCUT2D eigenvalue weighted by molar-refractivity contribution is 5.99. The van der Waals surface area contributed by atoms with Crippen LogP contribution < -0.4 is 0 Å². The molecule has 8 nitrogen and oxygen atoms in total. The Hall–Kier alpha value is -2.74. The molecule has 35 heavy (non-hydrogen) atoms. The second kappa shape index (κ2) is 9.72. The van der Waals surface area contributed by atoms with Gasteiger partial charge in [0.1, 0.15) is 18.3 Å². The first-order chi connectivity index (χ1) is 16.3. The standard InChI is InChI=1S/C27H36O8/c1-8-14(3)12-19(29)34-24-21-16(5)25(31)35-22(15(4)17-10-11-18(28)27(17,24)7)23(21)33-20(30)13-26(6,32)9-2/h10-12,15,17,21-24,32H,5,8-9,13H2,1-4,6-7H3/b14-12+/t15?,17-,21+,22+,23-,24-,26?,27-/m0/s1. The zero-order valence-corrected chi connectivity index (χ0v) is 21.3. The van der Waals surface area contributed by atoms with E-state index in [1.807, 2.05) is 13.8 Å². The molecule has 1 heterocycles. The number of ketones is 1. The number of hydrogen-bond donors (Lipinski definition) is 1. The second-order valence-corrected chi connectivity index (χ2v) is 10.5. The minimum Gasteiger partial charge on any atom is -0.457 e. The van der Waals surface area contributed by atoms with Gasteiger partial charge in [-0.1, -0.05) is 39.0 Å². The fraction of sp³-hybridized carbons (Fsp3) is 0.630. The maximum absolute atomic E-state index is 13.2. The molecule has 0 aromatic rings. The van der Waals surface area contributed by atoms with Crippen LogP contribution in [-0.2, 0) is 33.4 Å². The maximum atomic E-state index is 13.2. The van der Waals surface area contributed by atoms with Gasteiger partial charge < -0.3 is 19.3 Å². The van der Waals surface area contributed by atoms with Gasteiger partial charge >= 0.3 is 17.9 Å². The van der Waals surface area contributed by atoms with E-state index in [4.69, 9.17) is 14.2 Å². The summed E-state index contributed by atoms with van der Waals surface area (Å²) in [6, 6.07) is 0. The Morgan fingerprint density at radius 1 is 1.29 bits per heavy atom. The molecule has 2 fully saturated rings. The summed E-state index contributed by atoms with van der Waals surface area (Å²) >= 11 is 0. The van der Waals surface area contributed by atoms with Gasteiger partial charge in [-0.25, -0.2) is 9.59 Å². The molecule has 2 aliphatic carbocycles. The van der Waals surface area contributed by atoms with Gasteiger partial charge in [-0.3, -0.25) is 9.59 Å². The van der Waals surface area contributed by atoms with Crippen molar-refractivity contribution in [1.29, 1.82) is 0 Å². The Balaban J connectivity index is 2.10. The molecule has 1 saturated heterocycles. The van der Waals surface area contributed by atoms with Gasteiger partial charge in [-0.15, -0.1) is 0 Å². The second-order valence-electron chi connectivity index (χ2n) is 10.5. The van der Waals surface area contributed by atoms with Crippen molar-refractivity contribution in [1.82, 2.24) is 0 Å². The van der Waals surface area contributed by atoms with Crippen LogP contribution in [0.1, 0.15) is 60.8 Å². The van der Waals surface area contributed by atoms with Crippen LogP contribution in [0, 0.1) is 23.2 Å². The van der Waals surface area contributed by atoms with E-state index in [2.05, 4.69) is 6.58 Å². The maximum Gasteiger partial charge on any atom is 0.334 e. The molecule has 192 valence electrons. The summed E-state index contributed by atoms with van der Waals surface area (Å²) in [5.41, 5.74) is -1.71. The van der Waals surface area contributed by atoms with E-state index in [1.165, 1.54) is 19.1 Å². The van der Waals surface area contributed by atoms with Crippen LogP contribution in [-0.4, -0.2) is 52.7 Å². The third kappa shape index (κ3) is 4.85. The summed E-state index contributed by atoms with van der Waals surface area (Å²) in [6.07, 6.45) is 2.25. The van der Waals surface area contributed by atoms with Crippen LogP contribution in [0.25, 0.3) is 0 Å². The molecule has 0 radical (unpaired) electrons. The van der Waals surface area contributed by atoms with E-state index in [0.717, 1.165) is 5.57 Å². The minimum atomic E-state index is -1.27. The Bertz CT molecular complexity index is 989. The highest BCUT2D eigenvalue weighted by atomic mass is 16.6. The molecular formula is C27H36O8. The summed E-state index contributed by atoms with van der Waals surface area (Å²) in [6.45, 7) is 14.4. The molecule has 0 amide bonds.